The van der Waals surface area contributed by atoms with Gasteiger partial charge in [0.15, 0.2) is 5.11 Å². The lowest BCUT2D eigenvalue weighted by Gasteiger charge is -2.21. The summed E-state index contributed by atoms with van der Waals surface area (Å²) >= 11 is 4.75. The third kappa shape index (κ3) is 4.76. The summed E-state index contributed by atoms with van der Waals surface area (Å²) in [5.74, 6) is 5.82. The second kappa shape index (κ2) is 5.87. The zero-order chi connectivity index (χ0) is 13.8. The van der Waals surface area contributed by atoms with Gasteiger partial charge in [-0.3, -0.25) is 5.01 Å². The molecule has 0 unspecified atom stereocenters. The smallest absolute Gasteiger partial charge is 0.407 e. The van der Waals surface area contributed by atoms with Gasteiger partial charge in [0.1, 0.15) is 12.3 Å². The molecule has 0 atom stereocenters. The summed E-state index contributed by atoms with van der Waals surface area (Å²) in [6, 6.07) is 6.53. The van der Waals surface area contributed by atoms with Crippen LogP contribution < -0.4 is 15.9 Å². The Morgan fingerprint density at radius 3 is 2.39 bits per heavy atom. The minimum atomic E-state index is -4.40. The molecule has 0 bridgehead atoms. The number of halogens is 3. The van der Waals surface area contributed by atoms with Gasteiger partial charge in [-0.15, -0.1) is 0 Å². The van der Waals surface area contributed by atoms with Crippen molar-refractivity contribution in [3.8, 4) is 5.75 Å². The standard InChI is InChI=1S/C10H12F3N3OS/c1-17-8-4-2-7(3-5-8)15-9(18)16(14)6-10(11,12)13/h2-5H,6,14H2,1H3,(H,15,18). The molecule has 1 aromatic rings. The minimum Gasteiger partial charge on any atom is -0.497 e. The average Bonchev–Trinajstić information content (AvgIpc) is 2.27. The van der Waals surface area contributed by atoms with Crippen molar-refractivity contribution in [2.45, 2.75) is 6.18 Å². The van der Waals surface area contributed by atoms with E-state index in [1.54, 1.807) is 24.3 Å². The van der Waals surface area contributed by atoms with Crippen LogP contribution in [0.2, 0.25) is 0 Å². The summed E-state index contributed by atoms with van der Waals surface area (Å²) in [5, 5.41) is 2.81. The van der Waals surface area contributed by atoms with Crippen LogP contribution in [0.15, 0.2) is 24.3 Å². The van der Waals surface area contributed by atoms with E-state index in [1.165, 1.54) is 7.11 Å². The normalized spacial score (nSPS) is 10.9. The molecular weight excluding hydrogens is 267 g/mol. The molecule has 1 aromatic carbocycles. The van der Waals surface area contributed by atoms with E-state index < -0.39 is 12.7 Å². The first-order valence-electron chi connectivity index (χ1n) is 4.86. The third-order valence-electron chi connectivity index (χ3n) is 1.95. The number of nitrogens with two attached hydrogens (primary N) is 1. The lowest BCUT2D eigenvalue weighted by molar-refractivity contribution is -0.137. The highest BCUT2D eigenvalue weighted by Crippen LogP contribution is 2.17. The van der Waals surface area contributed by atoms with Crippen LogP contribution in [0.25, 0.3) is 0 Å². The van der Waals surface area contributed by atoms with Crippen molar-refractivity contribution in [3.63, 3.8) is 0 Å². The Bertz CT molecular complexity index is 408. The largest absolute Gasteiger partial charge is 0.497 e. The fourth-order valence-corrected chi connectivity index (χ4v) is 1.32. The fraction of sp³-hybridized carbons (Fsp3) is 0.300. The molecule has 0 heterocycles. The van der Waals surface area contributed by atoms with Gasteiger partial charge in [-0.25, -0.2) is 5.84 Å². The monoisotopic (exact) mass is 279 g/mol. The highest BCUT2D eigenvalue weighted by Gasteiger charge is 2.30. The lowest BCUT2D eigenvalue weighted by Crippen LogP contribution is -2.45. The summed E-state index contributed by atoms with van der Waals surface area (Å²) < 4.78 is 41.2. The Hall–Kier alpha value is -1.54. The van der Waals surface area contributed by atoms with Crippen LogP contribution in [0.4, 0.5) is 18.9 Å². The molecule has 0 aliphatic carbocycles. The maximum absolute atomic E-state index is 12.1. The highest BCUT2D eigenvalue weighted by atomic mass is 32.1. The number of thiocarbonyl (C=S) groups is 1. The number of anilines is 1. The van der Waals surface area contributed by atoms with Crippen molar-refractivity contribution < 1.29 is 17.9 Å². The fourth-order valence-electron chi connectivity index (χ4n) is 1.13. The number of nitrogens with zero attached hydrogens (tertiary/aromatic N) is 1. The minimum absolute atomic E-state index is 0.211. The first-order chi connectivity index (χ1) is 8.31. The number of benzene rings is 1. The Balaban J connectivity index is 2.58. The first-order valence-corrected chi connectivity index (χ1v) is 5.26. The molecule has 0 spiro atoms. The van der Waals surface area contributed by atoms with Gasteiger partial charge in [0.25, 0.3) is 0 Å². The van der Waals surface area contributed by atoms with Gasteiger partial charge in [-0.05, 0) is 36.5 Å². The summed E-state index contributed by atoms with van der Waals surface area (Å²) in [7, 11) is 1.51. The van der Waals surface area contributed by atoms with Crippen LogP contribution in [0, 0.1) is 0 Å². The predicted molar refractivity (Wildman–Crippen MR) is 66.2 cm³/mol. The zero-order valence-electron chi connectivity index (χ0n) is 9.49. The molecule has 0 aromatic heterocycles. The molecule has 0 aliphatic rings. The number of hydrazine groups is 1. The molecule has 0 amide bonds. The van der Waals surface area contributed by atoms with E-state index in [-0.39, 0.29) is 5.11 Å². The number of hydrogen-bond donors (Lipinski definition) is 2. The molecule has 1 rings (SSSR count). The van der Waals surface area contributed by atoms with E-state index in [4.69, 9.17) is 22.8 Å². The van der Waals surface area contributed by atoms with Crippen molar-refractivity contribution in [2.75, 3.05) is 19.0 Å². The Labute approximate surface area is 107 Å². The second-order valence-electron chi connectivity index (χ2n) is 3.40. The van der Waals surface area contributed by atoms with Crippen LogP contribution in [-0.4, -0.2) is 30.0 Å². The molecule has 100 valence electrons. The van der Waals surface area contributed by atoms with Crippen LogP contribution in [0.5, 0.6) is 5.75 Å². The second-order valence-corrected chi connectivity index (χ2v) is 3.79. The summed E-state index contributed by atoms with van der Waals surface area (Å²) in [4.78, 5) is 0. The van der Waals surface area contributed by atoms with Gasteiger partial charge in [0.05, 0.1) is 7.11 Å². The average molecular weight is 279 g/mol. The van der Waals surface area contributed by atoms with Crippen molar-refractivity contribution >= 4 is 23.0 Å². The molecule has 0 saturated carbocycles. The maximum Gasteiger partial charge on any atom is 0.407 e. The number of methoxy groups -OCH3 is 1. The summed E-state index contributed by atoms with van der Waals surface area (Å²) in [6.45, 7) is -1.31. The molecular formula is C10H12F3N3OS. The van der Waals surface area contributed by atoms with E-state index in [0.717, 1.165) is 0 Å². The highest BCUT2D eigenvalue weighted by molar-refractivity contribution is 7.80. The lowest BCUT2D eigenvalue weighted by atomic mass is 10.3. The van der Waals surface area contributed by atoms with E-state index in [9.17, 15) is 13.2 Å². The number of hydrogen-bond acceptors (Lipinski definition) is 3. The molecule has 0 aliphatic heterocycles. The van der Waals surface area contributed by atoms with Crippen molar-refractivity contribution in [3.05, 3.63) is 24.3 Å². The topological polar surface area (TPSA) is 50.5 Å². The first kappa shape index (κ1) is 14.5. The third-order valence-corrected chi connectivity index (χ3v) is 2.29. The van der Waals surface area contributed by atoms with Crippen molar-refractivity contribution in [2.24, 2.45) is 5.84 Å². The molecule has 18 heavy (non-hydrogen) atoms. The molecule has 0 fully saturated rings. The Morgan fingerprint density at radius 1 is 1.39 bits per heavy atom. The van der Waals surface area contributed by atoms with E-state index in [2.05, 4.69) is 5.32 Å². The van der Waals surface area contributed by atoms with Gasteiger partial charge in [-0.1, -0.05) is 0 Å². The molecule has 0 saturated heterocycles. The number of nitrogens with one attached hydrogen (secondary N) is 1. The Kier molecular flexibility index (Phi) is 4.74. The van der Waals surface area contributed by atoms with E-state index in [0.29, 0.717) is 16.4 Å². The quantitative estimate of drug-likeness (QED) is 0.504. The summed E-state index contributed by atoms with van der Waals surface area (Å²) in [6.07, 6.45) is -4.40. The van der Waals surface area contributed by atoms with Crippen LogP contribution in [0.1, 0.15) is 0 Å². The molecule has 3 N–H and O–H groups in total. The molecule has 0 radical (unpaired) electrons. The van der Waals surface area contributed by atoms with Gasteiger partial charge in [0.2, 0.25) is 0 Å². The van der Waals surface area contributed by atoms with Crippen molar-refractivity contribution in [1.29, 1.82) is 0 Å². The number of alkyl halides is 3. The maximum atomic E-state index is 12.1. The van der Waals surface area contributed by atoms with Crippen LogP contribution in [0.3, 0.4) is 0 Å². The number of ether oxygens (including phenoxy) is 1. The summed E-state index contributed by atoms with van der Waals surface area (Å²) in [5.41, 5.74) is 0.526. The van der Waals surface area contributed by atoms with Gasteiger partial charge < -0.3 is 10.1 Å². The van der Waals surface area contributed by atoms with Crippen LogP contribution >= 0.6 is 12.2 Å². The number of rotatable bonds is 3. The van der Waals surface area contributed by atoms with Crippen LogP contribution in [-0.2, 0) is 0 Å². The van der Waals surface area contributed by atoms with Gasteiger partial charge in [0, 0.05) is 5.69 Å². The van der Waals surface area contributed by atoms with Crippen molar-refractivity contribution in [1.82, 2.24) is 5.01 Å². The predicted octanol–water partition coefficient (Wildman–Crippen LogP) is 2.13. The molecule has 4 nitrogen and oxygen atoms in total. The van der Waals surface area contributed by atoms with Gasteiger partial charge >= 0.3 is 6.18 Å². The SMILES string of the molecule is COc1ccc(NC(=S)N(N)CC(F)(F)F)cc1. The van der Waals surface area contributed by atoms with E-state index in [1.807, 2.05) is 0 Å². The zero-order valence-corrected chi connectivity index (χ0v) is 10.3. The molecule has 8 heteroatoms. The van der Waals surface area contributed by atoms with E-state index >= 15 is 0 Å². The van der Waals surface area contributed by atoms with Gasteiger partial charge in [-0.2, -0.15) is 13.2 Å². The Morgan fingerprint density at radius 2 is 1.94 bits per heavy atom.